The molecule has 4 aromatic rings. The molecule has 4 heterocycles. The van der Waals surface area contributed by atoms with E-state index in [4.69, 9.17) is 14.2 Å². The molecule has 2 aliphatic rings. The number of anilines is 4. The molecule has 11 nitrogen and oxygen atoms in total. The zero-order chi connectivity index (χ0) is 28.5. The fraction of sp³-hybridized carbons (Fsp3) is 0.310. The molecule has 0 unspecified atom stereocenters. The van der Waals surface area contributed by atoms with Gasteiger partial charge in [0.1, 0.15) is 16.0 Å². The number of hydrogen-bond acceptors (Lipinski definition) is 9. The van der Waals surface area contributed by atoms with E-state index in [0.717, 1.165) is 19.6 Å². The van der Waals surface area contributed by atoms with Crippen molar-refractivity contribution < 1.29 is 23.8 Å². The molecule has 0 spiro atoms. The van der Waals surface area contributed by atoms with Crippen LogP contribution in [0.3, 0.4) is 0 Å². The van der Waals surface area contributed by atoms with Gasteiger partial charge in [-0.2, -0.15) is 0 Å². The van der Waals surface area contributed by atoms with Crippen molar-refractivity contribution in [1.82, 2.24) is 14.9 Å². The minimum Gasteiger partial charge on any atom is -0.493 e. The van der Waals surface area contributed by atoms with Crippen LogP contribution in [0.5, 0.6) is 17.2 Å². The van der Waals surface area contributed by atoms with Gasteiger partial charge in [-0.25, -0.2) is 19.7 Å². The zero-order valence-electron chi connectivity index (χ0n) is 23.0. The number of benzene rings is 2. The van der Waals surface area contributed by atoms with Gasteiger partial charge in [0.25, 0.3) is 5.91 Å². The molecule has 2 aromatic heterocycles. The summed E-state index contributed by atoms with van der Waals surface area (Å²) in [5.41, 5.74) is 2.72. The molecule has 12 heteroatoms. The smallest absolute Gasteiger partial charge is 0.332 e. The number of nitrogens with one attached hydrogen (secondary N) is 2. The molecule has 6 rings (SSSR count). The van der Waals surface area contributed by atoms with Gasteiger partial charge >= 0.3 is 6.03 Å². The van der Waals surface area contributed by atoms with E-state index in [1.54, 1.807) is 12.1 Å². The summed E-state index contributed by atoms with van der Waals surface area (Å²) in [5.74, 6) is 1.19. The highest BCUT2D eigenvalue weighted by Gasteiger charge is 2.35. The molecule has 3 amide bonds. The molecule has 0 saturated carbocycles. The number of aromatic nitrogens is 2. The van der Waals surface area contributed by atoms with Crippen molar-refractivity contribution in [3.8, 4) is 17.2 Å². The second-order valence-electron chi connectivity index (χ2n) is 9.82. The van der Waals surface area contributed by atoms with E-state index in [1.807, 2.05) is 24.3 Å². The quantitative estimate of drug-likeness (QED) is 0.278. The Hall–Kier alpha value is -4.42. The number of methoxy groups -OCH3 is 3. The molecule has 0 atom stereocenters. The third-order valence-corrected chi connectivity index (χ3v) is 8.39. The Morgan fingerprint density at radius 3 is 2.37 bits per heavy atom. The normalized spacial score (nSPS) is 15.0. The highest BCUT2D eigenvalue weighted by Crippen LogP contribution is 2.47. The van der Waals surface area contributed by atoms with Crippen molar-refractivity contribution in [1.29, 1.82) is 0 Å². The number of piperidine rings is 1. The number of urea groups is 1. The first kappa shape index (κ1) is 26.8. The highest BCUT2D eigenvalue weighted by atomic mass is 32.1. The van der Waals surface area contributed by atoms with Gasteiger partial charge in [-0.3, -0.25) is 9.69 Å². The molecule has 2 aliphatic heterocycles. The average Bonchev–Trinajstić information content (AvgIpc) is 3.37. The van der Waals surface area contributed by atoms with Gasteiger partial charge in [-0.15, -0.1) is 11.3 Å². The molecule has 41 heavy (non-hydrogen) atoms. The van der Waals surface area contributed by atoms with E-state index in [1.165, 1.54) is 68.7 Å². The summed E-state index contributed by atoms with van der Waals surface area (Å²) >= 11 is 1.20. The van der Waals surface area contributed by atoms with Gasteiger partial charge in [-0.05, 0) is 43.6 Å². The van der Waals surface area contributed by atoms with Crippen LogP contribution in [0.2, 0.25) is 0 Å². The summed E-state index contributed by atoms with van der Waals surface area (Å²) in [4.78, 5) is 40.5. The standard InChI is InChI=1S/C29H30N6O5S/c1-38-20-13-19(14-21(39-2)24(20)40-3)35-26-22-23(33-29(35)37)25(41-28(22)31-16-30-26)27(36)32-18-9-7-17(8-10-18)15-34-11-5-4-6-12-34/h7-10,13-14,16H,4-6,11-12,15H2,1-3H3,(H,32,36)(H,33,37). The maximum Gasteiger partial charge on any atom is 0.332 e. The number of ether oxygens (including phenoxy) is 3. The van der Waals surface area contributed by atoms with E-state index in [2.05, 4.69) is 25.5 Å². The molecule has 2 aromatic carbocycles. The van der Waals surface area contributed by atoms with Crippen molar-refractivity contribution >= 4 is 56.4 Å². The molecule has 0 aliphatic carbocycles. The van der Waals surface area contributed by atoms with Crippen molar-refractivity contribution in [3.63, 3.8) is 0 Å². The minimum atomic E-state index is -0.485. The fourth-order valence-electron chi connectivity index (χ4n) is 5.32. The number of nitrogens with zero attached hydrogens (tertiary/aromatic N) is 4. The fourth-order valence-corrected chi connectivity index (χ4v) is 6.31. The first-order chi connectivity index (χ1) is 20.0. The topological polar surface area (TPSA) is 118 Å². The molecular formula is C29H30N6O5S. The summed E-state index contributed by atoms with van der Waals surface area (Å²) < 4.78 is 16.4. The van der Waals surface area contributed by atoms with Crippen molar-refractivity contribution in [2.24, 2.45) is 0 Å². The number of carbonyl (C=O) groups is 2. The predicted octanol–water partition coefficient (Wildman–Crippen LogP) is 5.64. The second-order valence-corrected chi connectivity index (χ2v) is 10.8. The van der Waals surface area contributed by atoms with E-state index in [0.29, 0.717) is 55.2 Å². The largest absolute Gasteiger partial charge is 0.493 e. The number of amides is 3. The molecule has 0 bridgehead atoms. The van der Waals surface area contributed by atoms with Crippen molar-refractivity contribution in [2.75, 3.05) is 50.0 Å². The van der Waals surface area contributed by atoms with E-state index in [9.17, 15) is 9.59 Å². The van der Waals surface area contributed by atoms with Gasteiger partial charge in [0, 0.05) is 24.4 Å². The van der Waals surface area contributed by atoms with Crippen LogP contribution in [0.15, 0.2) is 42.7 Å². The van der Waals surface area contributed by atoms with Crippen molar-refractivity contribution in [2.45, 2.75) is 25.8 Å². The van der Waals surface area contributed by atoms with Gasteiger partial charge in [-0.1, -0.05) is 18.6 Å². The Balaban J connectivity index is 1.29. The average molecular weight is 575 g/mol. The van der Waals surface area contributed by atoms with Crippen LogP contribution in [0, 0.1) is 0 Å². The van der Waals surface area contributed by atoms with E-state index < -0.39 is 6.03 Å². The summed E-state index contributed by atoms with van der Waals surface area (Å²) in [6, 6.07) is 10.7. The van der Waals surface area contributed by atoms with Crippen LogP contribution in [-0.4, -0.2) is 61.2 Å². The lowest BCUT2D eigenvalue weighted by atomic mass is 10.1. The molecule has 1 fully saturated rings. The first-order valence-electron chi connectivity index (χ1n) is 13.3. The lowest BCUT2D eigenvalue weighted by Crippen LogP contribution is -2.35. The Morgan fingerprint density at radius 2 is 1.71 bits per heavy atom. The number of rotatable bonds is 8. The molecule has 0 radical (unpaired) electrons. The van der Waals surface area contributed by atoms with Crippen LogP contribution in [0.4, 0.5) is 27.7 Å². The lowest BCUT2D eigenvalue weighted by Gasteiger charge is -2.28. The van der Waals surface area contributed by atoms with E-state index in [-0.39, 0.29) is 5.91 Å². The highest BCUT2D eigenvalue weighted by molar-refractivity contribution is 7.21. The molecular weight excluding hydrogens is 544 g/mol. The Morgan fingerprint density at radius 1 is 1.00 bits per heavy atom. The van der Waals surface area contributed by atoms with Crippen LogP contribution in [-0.2, 0) is 6.54 Å². The molecule has 1 saturated heterocycles. The molecule has 212 valence electrons. The van der Waals surface area contributed by atoms with Crippen LogP contribution in [0.25, 0.3) is 10.2 Å². The van der Waals surface area contributed by atoms with Gasteiger partial charge in [0.05, 0.1) is 38.1 Å². The maximum absolute atomic E-state index is 13.5. The van der Waals surface area contributed by atoms with Crippen LogP contribution in [0.1, 0.15) is 34.5 Å². The van der Waals surface area contributed by atoms with Crippen LogP contribution >= 0.6 is 11.3 Å². The lowest BCUT2D eigenvalue weighted by molar-refractivity contribution is 0.103. The van der Waals surface area contributed by atoms with Crippen molar-refractivity contribution in [3.05, 3.63) is 53.2 Å². The number of likely N-dealkylation sites (tertiary alicyclic amines) is 1. The van der Waals surface area contributed by atoms with Crippen LogP contribution < -0.4 is 29.7 Å². The maximum atomic E-state index is 13.5. The Kier molecular flexibility index (Phi) is 7.33. The van der Waals surface area contributed by atoms with Gasteiger partial charge in [0.2, 0.25) is 5.75 Å². The minimum absolute atomic E-state index is 0.334. The predicted molar refractivity (Wildman–Crippen MR) is 158 cm³/mol. The number of thiophene rings is 1. The monoisotopic (exact) mass is 574 g/mol. The second kappa shape index (κ2) is 11.2. The summed E-state index contributed by atoms with van der Waals surface area (Å²) in [6.45, 7) is 3.16. The van der Waals surface area contributed by atoms with Gasteiger partial charge in [0.15, 0.2) is 17.3 Å². The van der Waals surface area contributed by atoms with Gasteiger partial charge < -0.3 is 24.8 Å². The third kappa shape index (κ3) is 5.00. The Bertz CT molecular complexity index is 1590. The number of hydrogen-bond donors (Lipinski definition) is 2. The molecule has 2 N–H and O–H groups in total. The van der Waals surface area contributed by atoms with E-state index >= 15 is 0 Å². The summed E-state index contributed by atoms with van der Waals surface area (Å²) in [5, 5.41) is 6.43. The Labute approximate surface area is 241 Å². The summed E-state index contributed by atoms with van der Waals surface area (Å²) in [6.07, 6.45) is 5.17. The zero-order valence-corrected chi connectivity index (χ0v) is 23.8. The SMILES string of the molecule is COc1cc(N2C(=O)Nc3c(C(=O)Nc4ccc(CN5CCCCC5)cc4)sc4ncnc2c34)cc(OC)c1OC. The third-order valence-electron chi connectivity index (χ3n) is 7.30. The summed E-state index contributed by atoms with van der Waals surface area (Å²) in [7, 11) is 4.52. The first-order valence-corrected chi connectivity index (χ1v) is 14.1. The number of carbonyl (C=O) groups excluding carboxylic acids is 2.